The fourth-order valence-corrected chi connectivity index (χ4v) is 3.43. The summed E-state index contributed by atoms with van der Waals surface area (Å²) in [5.41, 5.74) is -5.99. The first-order valence-electron chi connectivity index (χ1n) is 6.92. The molecular weight excluding hydrogens is 337 g/mol. The molecule has 1 atom stereocenters. The Kier molecular flexibility index (Phi) is 4.56. The zero-order chi connectivity index (χ0) is 17.4. The highest BCUT2D eigenvalue weighted by molar-refractivity contribution is 7.92. The van der Waals surface area contributed by atoms with E-state index in [1.165, 1.54) is 0 Å². The van der Waals surface area contributed by atoms with Crippen molar-refractivity contribution in [1.29, 1.82) is 0 Å². The van der Waals surface area contributed by atoms with Crippen molar-refractivity contribution in [3.63, 3.8) is 0 Å². The number of anilines is 1. The van der Waals surface area contributed by atoms with E-state index in [2.05, 4.69) is 0 Å². The van der Waals surface area contributed by atoms with E-state index in [0.717, 1.165) is 31.4 Å². The van der Waals surface area contributed by atoms with Crippen molar-refractivity contribution >= 4 is 21.2 Å². The summed E-state index contributed by atoms with van der Waals surface area (Å²) in [7, 11) is -5.62. The Labute approximate surface area is 131 Å². The molecular formula is C13H15F3N2O4S. The Bertz CT molecular complexity index is 718. The van der Waals surface area contributed by atoms with Gasteiger partial charge in [-0.1, -0.05) is 0 Å². The predicted molar refractivity (Wildman–Crippen MR) is 77.0 cm³/mol. The van der Waals surface area contributed by atoms with Crippen LogP contribution in [0.3, 0.4) is 0 Å². The van der Waals surface area contributed by atoms with Crippen LogP contribution in [0.2, 0.25) is 0 Å². The number of nitro benzene ring substituents is 1. The Hall–Kier alpha value is -1.84. The van der Waals surface area contributed by atoms with E-state index >= 15 is 0 Å². The average molecular weight is 352 g/mol. The monoisotopic (exact) mass is 352 g/mol. The normalized spacial score (nSPS) is 19.7. The number of alkyl halides is 3. The summed E-state index contributed by atoms with van der Waals surface area (Å²) in [4.78, 5) is 11.0. The number of halogens is 3. The highest BCUT2D eigenvalue weighted by atomic mass is 32.2. The molecule has 128 valence electrons. The van der Waals surface area contributed by atoms with Crippen LogP contribution in [0.25, 0.3) is 0 Å². The van der Waals surface area contributed by atoms with Gasteiger partial charge in [0.2, 0.25) is 0 Å². The van der Waals surface area contributed by atoms with Crippen LogP contribution in [-0.4, -0.2) is 31.4 Å². The molecule has 23 heavy (non-hydrogen) atoms. The maximum atomic E-state index is 12.6. The van der Waals surface area contributed by atoms with Crippen LogP contribution in [0.5, 0.6) is 0 Å². The maximum absolute atomic E-state index is 12.6. The first-order chi connectivity index (χ1) is 10.6. The minimum atomic E-state index is -5.62. The lowest BCUT2D eigenvalue weighted by molar-refractivity contribution is -0.384. The molecule has 1 aromatic rings. The van der Waals surface area contributed by atoms with E-state index < -0.39 is 30.9 Å². The number of rotatable bonds is 3. The first kappa shape index (κ1) is 17.5. The van der Waals surface area contributed by atoms with Crippen LogP contribution in [-0.2, 0) is 9.84 Å². The second-order valence-electron chi connectivity index (χ2n) is 5.40. The molecule has 0 N–H and O–H groups in total. The van der Waals surface area contributed by atoms with Crippen LogP contribution in [0.15, 0.2) is 23.1 Å². The minimum absolute atomic E-state index is 0.00692. The second-order valence-corrected chi connectivity index (χ2v) is 7.34. The van der Waals surface area contributed by atoms with E-state index in [0.29, 0.717) is 12.6 Å². The molecule has 0 unspecified atom stereocenters. The molecule has 1 saturated heterocycles. The molecule has 6 nitrogen and oxygen atoms in total. The molecule has 1 aromatic carbocycles. The van der Waals surface area contributed by atoms with Gasteiger partial charge in [-0.2, -0.15) is 13.2 Å². The molecule has 2 rings (SSSR count). The highest BCUT2D eigenvalue weighted by Gasteiger charge is 2.47. The summed E-state index contributed by atoms with van der Waals surface area (Å²) in [6, 6.07) is 2.33. The zero-order valence-electron chi connectivity index (χ0n) is 12.2. The van der Waals surface area contributed by atoms with Crippen molar-refractivity contribution in [2.45, 2.75) is 42.6 Å². The van der Waals surface area contributed by atoms with Gasteiger partial charge in [-0.05, 0) is 38.3 Å². The highest BCUT2D eigenvalue weighted by Crippen LogP contribution is 2.37. The number of hydrogen-bond acceptors (Lipinski definition) is 5. The largest absolute Gasteiger partial charge is 0.501 e. The summed E-state index contributed by atoms with van der Waals surface area (Å²) < 4.78 is 60.6. The summed E-state index contributed by atoms with van der Waals surface area (Å²) in [6.45, 7) is 2.40. The summed E-state index contributed by atoms with van der Waals surface area (Å²) in [5, 5.41) is 11.2. The van der Waals surface area contributed by atoms with E-state index in [1.54, 1.807) is 4.90 Å². The van der Waals surface area contributed by atoms with Crippen molar-refractivity contribution in [1.82, 2.24) is 0 Å². The van der Waals surface area contributed by atoms with Gasteiger partial charge in [0.1, 0.15) is 5.69 Å². The fraction of sp³-hybridized carbons (Fsp3) is 0.538. The van der Waals surface area contributed by atoms with E-state index in [4.69, 9.17) is 0 Å². The van der Waals surface area contributed by atoms with Crippen molar-refractivity contribution in [3.05, 3.63) is 28.3 Å². The second kappa shape index (κ2) is 5.99. The lowest BCUT2D eigenvalue weighted by Gasteiger charge is -2.35. The molecule has 1 aliphatic rings. The lowest BCUT2D eigenvalue weighted by Crippen LogP contribution is -2.37. The van der Waals surface area contributed by atoms with Gasteiger partial charge >= 0.3 is 5.51 Å². The Balaban J connectivity index is 2.54. The minimum Gasteiger partial charge on any atom is -0.363 e. The van der Waals surface area contributed by atoms with Crippen LogP contribution in [0.1, 0.15) is 26.2 Å². The molecule has 1 fully saturated rings. The van der Waals surface area contributed by atoms with Gasteiger partial charge in [0.05, 0.1) is 9.82 Å². The summed E-state index contributed by atoms with van der Waals surface area (Å²) >= 11 is 0. The zero-order valence-corrected chi connectivity index (χ0v) is 13.0. The smallest absolute Gasteiger partial charge is 0.363 e. The third-order valence-electron chi connectivity index (χ3n) is 3.87. The van der Waals surface area contributed by atoms with Crippen molar-refractivity contribution in [2.24, 2.45) is 0 Å². The van der Waals surface area contributed by atoms with E-state index in [-0.39, 0.29) is 11.7 Å². The van der Waals surface area contributed by atoms with Crippen molar-refractivity contribution < 1.29 is 26.5 Å². The topological polar surface area (TPSA) is 80.5 Å². The third-order valence-corrected chi connectivity index (χ3v) is 5.35. The van der Waals surface area contributed by atoms with Gasteiger partial charge in [-0.15, -0.1) is 0 Å². The quantitative estimate of drug-likeness (QED) is 0.616. The van der Waals surface area contributed by atoms with E-state index in [9.17, 15) is 31.7 Å². The molecule has 10 heteroatoms. The molecule has 0 amide bonds. The Morgan fingerprint density at radius 2 is 1.96 bits per heavy atom. The van der Waals surface area contributed by atoms with Crippen LogP contribution < -0.4 is 4.90 Å². The number of nitrogens with zero attached hydrogens (tertiary/aromatic N) is 2. The van der Waals surface area contributed by atoms with Crippen molar-refractivity contribution in [2.75, 3.05) is 11.4 Å². The SMILES string of the molecule is C[C@H]1CCCCN1c1ccc(S(=O)(=O)C(F)(F)F)cc1[N+](=O)[O-]. The molecule has 1 heterocycles. The molecule has 1 aliphatic heterocycles. The predicted octanol–water partition coefficient (Wildman–Crippen LogP) is 3.27. The van der Waals surface area contributed by atoms with Crippen LogP contribution in [0, 0.1) is 10.1 Å². The molecule has 0 radical (unpaired) electrons. The molecule has 0 aliphatic carbocycles. The van der Waals surface area contributed by atoms with Gasteiger partial charge in [0, 0.05) is 18.7 Å². The van der Waals surface area contributed by atoms with Gasteiger partial charge in [-0.25, -0.2) is 8.42 Å². The Morgan fingerprint density at radius 1 is 1.30 bits per heavy atom. The van der Waals surface area contributed by atoms with Crippen molar-refractivity contribution in [3.8, 4) is 0 Å². The number of hydrogen-bond donors (Lipinski definition) is 0. The lowest BCUT2D eigenvalue weighted by atomic mass is 10.0. The first-order valence-corrected chi connectivity index (χ1v) is 8.40. The fourth-order valence-electron chi connectivity index (χ4n) is 2.65. The van der Waals surface area contributed by atoms with Gasteiger partial charge in [0.15, 0.2) is 0 Å². The molecule has 0 bridgehead atoms. The van der Waals surface area contributed by atoms with Gasteiger partial charge in [-0.3, -0.25) is 10.1 Å². The maximum Gasteiger partial charge on any atom is 0.501 e. The summed E-state index contributed by atoms with van der Waals surface area (Å²) in [6.07, 6.45) is 2.58. The third kappa shape index (κ3) is 3.26. The number of nitro groups is 1. The Morgan fingerprint density at radius 3 is 2.48 bits per heavy atom. The standard InChI is InChI=1S/C13H15F3N2O4S/c1-9-4-2-3-7-17(9)11-6-5-10(8-12(11)18(19)20)23(21,22)13(14,15)16/h5-6,8-9H,2-4,7H2,1H3/t9-/m0/s1. The van der Waals surface area contributed by atoms with E-state index in [1.807, 2.05) is 6.92 Å². The van der Waals surface area contributed by atoms with Crippen LogP contribution in [0.4, 0.5) is 24.5 Å². The molecule has 0 saturated carbocycles. The molecule has 0 aromatic heterocycles. The van der Waals surface area contributed by atoms with Gasteiger partial charge < -0.3 is 4.90 Å². The summed E-state index contributed by atoms with van der Waals surface area (Å²) in [5.74, 6) is 0. The number of benzene rings is 1. The van der Waals surface area contributed by atoms with Crippen LogP contribution >= 0.6 is 0 Å². The number of sulfone groups is 1. The number of piperidine rings is 1. The molecule has 0 spiro atoms. The van der Waals surface area contributed by atoms with Gasteiger partial charge in [0.25, 0.3) is 15.5 Å². The average Bonchev–Trinajstić information content (AvgIpc) is 2.46.